The van der Waals surface area contributed by atoms with Crippen LogP contribution in [0.4, 0.5) is 0 Å². The number of fused-ring (bicyclic) bond motifs is 3. The van der Waals surface area contributed by atoms with Crippen molar-refractivity contribution in [1.82, 2.24) is 9.88 Å². The molecule has 1 N–H and O–H groups in total. The maximum Gasteiger partial charge on any atom is 0.0947 e. The lowest BCUT2D eigenvalue weighted by Crippen LogP contribution is -2.35. The van der Waals surface area contributed by atoms with Crippen molar-refractivity contribution in [3.05, 3.63) is 81.6 Å². The number of aromatic amines is 1. The van der Waals surface area contributed by atoms with Crippen molar-refractivity contribution < 1.29 is 4.42 Å². The Hall–Kier alpha value is -1.88. The standard InChI is InChI=1S/C21H21ClN2OS/c1-3-10-26-14(2)21-20-17(18-11-16(22)4-5-19(18)23-20)6-8-24(21)12-15-7-9-25-13-15/h3-5,7,9-11,13,21,23H,2,6,8,12H2,1H3/b10-3-. The van der Waals surface area contributed by atoms with Crippen molar-refractivity contribution in [2.45, 2.75) is 25.9 Å². The molecule has 5 heteroatoms. The Morgan fingerprint density at radius 3 is 3.12 bits per heavy atom. The van der Waals surface area contributed by atoms with Crippen LogP contribution in [0.3, 0.4) is 0 Å². The van der Waals surface area contributed by atoms with E-state index in [1.54, 1.807) is 18.0 Å². The van der Waals surface area contributed by atoms with Crippen LogP contribution >= 0.6 is 23.4 Å². The molecular formula is C21H21ClN2OS. The number of halogens is 1. The first-order valence-electron chi connectivity index (χ1n) is 8.69. The van der Waals surface area contributed by atoms with Gasteiger partial charge in [-0.15, -0.1) is 11.8 Å². The van der Waals surface area contributed by atoms with Crippen molar-refractivity contribution in [3.63, 3.8) is 0 Å². The van der Waals surface area contributed by atoms with E-state index < -0.39 is 0 Å². The quantitative estimate of drug-likeness (QED) is 0.560. The minimum atomic E-state index is 0.126. The number of hydrogen-bond donors (Lipinski definition) is 1. The molecule has 0 bridgehead atoms. The van der Waals surface area contributed by atoms with E-state index in [0.29, 0.717) is 0 Å². The van der Waals surface area contributed by atoms with Gasteiger partial charge in [-0.05, 0) is 48.6 Å². The van der Waals surface area contributed by atoms with Crippen LogP contribution in [0.5, 0.6) is 0 Å². The number of nitrogens with zero attached hydrogens (tertiary/aromatic N) is 1. The van der Waals surface area contributed by atoms with E-state index in [9.17, 15) is 0 Å². The van der Waals surface area contributed by atoms with E-state index in [2.05, 4.69) is 34.0 Å². The van der Waals surface area contributed by atoms with Crippen LogP contribution in [0.15, 0.2) is 64.2 Å². The predicted octanol–water partition coefficient (Wildman–Crippen LogP) is 6.29. The molecule has 1 aromatic carbocycles. The first-order valence-corrected chi connectivity index (χ1v) is 9.95. The Labute approximate surface area is 162 Å². The van der Waals surface area contributed by atoms with Crippen molar-refractivity contribution in [3.8, 4) is 0 Å². The number of allylic oxidation sites excluding steroid dienone is 1. The van der Waals surface area contributed by atoms with Crippen molar-refractivity contribution in [2.24, 2.45) is 0 Å². The van der Waals surface area contributed by atoms with Crippen LogP contribution in [0.25, 0.3) is 10.9 Å². The Morgan fingerprint density at radius 1 is 1.46 bits per heavy atom. The first-order chi connectivity index (χ1) is 12.7. The summed E-state index contributed by atoms with van der Waals surface area (Å²) >= 11 is 7.93. The number of hydrogen-bond acceptors (Lipinski definition) is 3. The van der Waals surface area contributed by atoms with Gasteiger partial charge in [-0.1, -0.05) is 24.3 Å². The smallest absolute Gasteiger partial charge is 0.0947 e. The lowest BCUT2D eigenvalue weighted by molar-refractivity contribution is 0.205. The third-order valence-corrected chi connectivity index (χ3v) is 5.98. The predicted molar refractivity (Wildman–Crippen MR) is 110 cm³/mol. The Kier molecular flexibility index (Phi) is 4.98. The summed E-state index contributed by atoms with van der Waals surface area (Å²) in [6.07, 6.45) is 6.59. The molecule has 2 aromatic heterocycles. The molecule has 1 aliphatic rings. The number of aromatic nitrogens is 1. The molecule has 1 unspecified atom stereocenters. The first kappa shape index (κ1) is 17.5. The van der Waals surface area contributed by atoms with Gasteiger partial charge >= 0.3 is 0 Å². The van der Waals surface area contributed by atoms with Crippen LogP contribution < -0.4 is 0 Å². The van der Waals surface area contributed by atoms with Crippen LogP contribution in [-0.2, 0) is 13.0 Å². The summed E-state index contributed by atoms with van der Waals surface area (Å²) in [6.45, 7) is 8.22. The van der Waals surface area contributed by atoms with Gasteiger partial charge in [-0.2, -0.15) is 0 Å². The van der Waals surface area contributed by atoms with E-state index in [4.69, 9.17) is 16.0 Å². The molecule has 0 spiro atoms. The topological polar surface area (TPSA) is 32.2 Å². The molecule has 134 valence electrons. The average Bonchev–Trinajstić information content (AvgIpc) is 3.26. The normalized spacial score (nSPS) is 17.8. The summed E-state index contributed by atoms with van der Waals surface area (Å²) in [5.74, 6) is 0. The molecule has 4 rings (SSSR count). The van der Waals surface area contributed by atoms with Gasteiger partial charge in [0.1, 0.15) is 0 Å². The molecule has 3 nitrogen and oxygen atoms in total. The maximum absolute atomic E-state index is 6.24. The number of rotatable bonds is 5. The summed E-state index contributed by atoms with van der Waals surface area (Å²) in [5.41, 5.74) is 4.91. The summed E-state index contributed by atoms with van der Waals surface area (Å²) in [5, 5.41) is 4.09. The van der Waals surface area contributed by atoms with E-state index in [1.165, 1.54) is 22.2 Å². The highest BCUT2D eigenvalue weighted by Gasteiger charge is 2.32. The average molecular weight is 385 g/mol. The van der Waals surface area contributed by atoms with Gasteiger partial charge in [0, 0.05) is 45.2 Å². The molecule has 3 heterocycles. The van der Waals surface area contributed by atoms with Gasteiger partial charge < -0.3 is 9.40 Å². The fourth-order valence-electron chi connectivity index (χ4n) is 3.68. The lowest BCUT2D eigenvalue weighted by atomic mass is 9.96. The van der Waals surface area contributed by atoms with Gasteiger partial charge in [0.05, 0.1) is 18.6 Å². The van der Waals surface area contributed by atoms with E-state index in [1.807, 2.05) is 31.4 Å². The molecular weight excluding hydrogens is 364 g/mol. The zero-order valence-electron chi connectivity index (χ0n) is 14.7. The van der Waals surface area contributed by atoms with Crippen LogP contribution in [0.1, 0.15) is 29.8 Å². The SMILES string of the molecule is C=C(S/C=C\C)C1c2[nH]c3ccc(Cl)cc3c2CCN1Cc1ccoc1. The second-order valence-electron chi connectivity index (χ2n) is 6.52. The molecule has 0 amide bonds. The van der Waals surface area contributed by atoms with Crippen LogP contribution in [0, 0.1) is 0 Å². The maximum atomic E-state index is 6.24. The van der Waals surface area contributed by atoms with Crippen molar-refractivity contribution in [1.29, 1.82) is 0 Å². The third-order valence-electron chi connectivity index (χ3n) is 4.82. The number of furan rings is 1. The Bertz CT molecular complexity index is 958. The van der Waals surface area contributed by atoms with Crippen molar-refractivity contribution >= 4 is 34.3 Å². The Balaban J connectivity index is 1.76. The van der Waals surface area contributed by atoms with Gasteiger partial charge in [0.2, 0.25) is 0 Å². The van der Waals surface area contributed by atoms with Crippen LogP contribution in [0.2, 0.25) is 5.02 Å². The zero-order chi connectivity index (χ0) is 18.1. The molecule has 1 aliphatic heterocycles. The lowest BCUT2D eigenvalue weighted by Gasteiger charge is -2.36. The molecule has 0 saturated heterocycles. The van der Waals surface area contributed by atoms with E-state index >= 15 is 0 Å². The number of nitrogens with one attached hydrogen (secondary N) is 1. The molecule has 0 fully saturated rings. The minimum absolute atomic E-state index is 0.126. The number of H-pyrrole nitrogens is 1. The number of benzene rings is 1. The highest BCUT2D eigenvalue weighted by atomic mass is 35.5. The summed E-state index contributed by atoms with van der Waals surface area (Å²) in [7, 11) is 0. The summed E-state index contributed by atoms with van der Waals surface area (Å²) < 4.78 is 5.26. The Morgan fingerprint density at radius 2 is 2.35 bits per heavy atom. The van der Waals surface area contributed by atoms with E-state index in [0.717, 1.165) is 35.0 Å². The fourth-order valence-corrected chi connectivity index (χ4v) is 4.56. The second-order valence-corrected chi connectivity index (χ2v) is 7.98. The van der Waals surface area contributed by atoms with Gasteiger partial charge in [0.15, 0.2) is 0 Å². The highest BCUT2D eigenvalue weighted by Crippen LogP contribution is 2.42. The largest absolute Gasteiger partial charge is 0.472 e. The van der Waals surface area contributed by atoms with Crippen LogP contribution in [-0.4, -0.2) is 16.4 Å². The zero-order valence-corrected chi connectivity index (χ0v) is 16.2. The summed E-state index contributed by atoms with van der Waals surface area (Å²) in [4.78, 5) is 7.22. The van der Waals surface area contributed by atoms with Crippen molar-refractivity contribution in [2.75, 3.05) is 6.54 Å². The molecule has 0 radical (unpaired) electrons. The number of thioether (sulfide) groups is 1. The third kappa shape index (κ3) is 3.25. The minimum Gasteiger partial charge on any atom is -0.472 e. The molecule has 0 aliphatic carbocycles. The second kappa shape index (κ2) is 7.39. The van der Waals surface area contributed by atoms with Gasteiger partial charge in [0.25, 0.3) is 0 Å². The molecule has 0 saturated carbocycles. The monoisotopic (exact) mass is 384 g/mol. The van der Waals surface area contributed by atoms with E-state index in [-0.39, 0.29) is 6.04 Å². The van der Waals surface area contributed by atoms with Gasteiger partial charge in [-0.25, -0.2) is 0 Å². The summed E-state index contributed by atoms with van der Waals surface area (Å²) in [6, 6.07) is 8.22. The highest BCUT2D eigenvalue weighted by molar-refractivity contribution is 8.05. The molecule has 1 atom stereocenters. The fraction of sp³-hybridized carbons (Fsp3) is 0.238. The van der Waals surface area contributed by atoms with Gasteiger partial charge in [-0.3, -0.25) is 4.90 Å². The molecule has 3 aromatic rings. The molecule has 26 heavy (non-hydrogen) atoms.